The van der Waals surface area contributed by atoms with Gasteiger partial charge in [0.1, 0.15) is 0 Å². The molecule has 4 heteroatoms. The van der Waals surface area contributed by atoms with Crippen molar-refractivity contribution >= 4 is 5.69 Å². The fourth-order valence-electron chi connectivity index (χ4n) is 3.61. The molecule has 3 aliphatic heterocycles. The van der Waals surface area contributed by atoms with Crippen LogP contribution in [0.3, 0.4) is 0 Å². The molecule has 3 unspecified atom stereocenters. The monoisotopic (exact) mass is 274 g/mol. The van der Waals surface area contributed by atoms with Crippen LogP contribution in [0.1, 0.15) is 19.3 Å². The van der Waals surface area contributed by atoms with Gasteiger partial charge in [0, 0.05) is 37.3 Å². The third kappa shape index (κ3) is 2.33. The average Bonchev–Trinajstić information content (AvgIpc) is 2.70. The zero-order valence-corrected chi connectivity index (χ0v) is 11.8. The highest BCUT2D eigenvalue weighted by Crippen LogP contribution is 2.34. The molecule has 4 rings (SSSR count). The van der Waals surface area contributed by atoms with Crippen molar-refractivity contribution in [3.05, 3.63) is 18.2 Å². The van der Waals surface area contributed by atoms with Crippen LogP contribution in [0.15, 0.2) is 18.2 Å². The molecule has 0 spiro atoms. The van der Waals surface area contributed by atoms with Crippen LogP contribution in [0.5, 0.6) is 11.5 Å². The van der Waals surface area contributed by atoms with Crippen molar-refractivity contribution in [3.63, 3.8) is 0 Å². The standard InChI is InChI=1S/C16H22N2O2/c1-8-19-15-3-2-13(10-16(15)20-9-1)17-14-5-7-18-6-4-12(14)11-18/h2-3,10,12,14,17H,1,4-9,11H2. The summed E-state index contributed by atoms with van der Waals surface area (Å²) in [7, 11) is 0. The van der Waals surface area contributed by atoms with Crippen molar-refractivity contribution in [2.75, 3.05) is 38.2 Å². The summed E-state index contributed by atoms with van der Waals surface area (Å²) in [4.78, 5) is 2.58. The van der Waals surface area contributed by atoms with Crippen LogP contribution in [0.4, 0.5) is 5.69 Å². The SMILES string of the molecule is c1cc2c(cc1NC1CCN3CCC1C3)OCCCO2. The van der Waals surface area contributed by atoms with Crippen molar-refractivity contribution < 1.29 is 9.47 Å². The highest BCUT2D eigenvalue weighted by atomic mass is 16.5. The molecule has 4 nitrogen and oxygen atoms in total. The number of piperidine rings is 1. The van der Waals surface area contributed by atoms with E-state index in [1.54, 1.807) is 0 Å². The minimum absolute atomic E-state index is 0.610. The van der Waals surface area contributed by atoms with Crippen LogP contribution < -0.4 is 14.8 Å². The number of nitrogens with one attached hydrogen (secondary N) is 1. The van der Waals surface area contributed by atoms with Gasteiger partial charge in [-0.3, -0.25) is 0 Å². The summed E-state index contributed by atoms with van der Waals surface area (Å²) in [5.74, 6) is 2.57. The van der Waals surface area contributed by atoms with E-state index in [2.05, 4.69) is 22.3 Å². The van der Waals surface area contributed by atoms with Crippen molar-refractivity contribution in [2.24, 2.45) is 5.92 Å². The van der Waals surface area contributed by atoms with Crippen molar-refractivity contribution in [3.8, 4) is 11.5 Å². The smallest absolute Gasteiger partial charge is 0.163 e. The van der Waals surface area contributed by atoms with Gasteiger partial charge in [0.2, 0.25) is 0 Å². The van der Waals surface area contributed by atoms with Gasteiger partial charge in [-0.15, -0.1) is 0 Å². The molecule has 1 aromatic rings. The van der Waals surface area contributed by atoms with Gasteiger partial charge in [0.05, 0.1) is 13.2 Å². The molecule has 2 saturated heterocycles. The van der Waals surface area contributed by atoms with Gasteiger partial charge >= 0.3 is 0 Å². The molecule has 3 aliphatic rings. The molecule has 20 heavy (non-hydrogen) atoms. The highest BCUT2D eigenvalue weighted by molar-refractivity contribution is 5.55. The maximum Gasteiger partial charge on any atom is 0.163 e. The van der Waals surface area contributed by atoms with Crippen molar-refractivity contribution in [2.45, 2.75) is 25.3 Å². The third-order valence-corrected chi connectivity index (χ3v) is 4.73. The molecular formula is C16H22N2O2. The summed E-state index contributed by atoms with van der Waals surface area (Å²) in [5.41, 5.74) is 1.17. The molecule has 2 bridgehead atoms. The Morgan fingerprint density at radius 2 is 1.90 bits per heavy atom. The van der Waals surface area contributed by atoms with Gasteiger partial charge in [-0.2, -0.15) is 0 Å². The summed E-state index contributed by atoms with van der Waals surface area (Å²) in [6.45, 7) is 5.28. The van der Waals surface area contributed by atoms with Crippen molar-refractivity contribution in [1.29, 1.82) is 0 Å². The maximum absolute atomic E-state index is 5.77. The Balaban J connectivity index is 1.50. The summed E-state index contributed by atoms with van der Waals surface area (Å²) in [6, 6.07) is 6.86. The largest absolute Gasteiger partial charge is 0.490 e. The minimum Gasteiger partial charge on any atom is -0.490 e. The summed E-state index contributed by atoms with van der Waals surface area (Å²) in [6.07, 6.45) is 3.54. The Kier molecular flexibility index (Phi) is 3.19. The molecular weight excluding hydrogens is 252 g/mol. The second kappa shape index (κ2) is 5.17. The van der Waals surface area contributed by atoms with E-state index in [9.17, 15) is 0 Å². The van der Waals surface area contributed by atoms with Gasteiger partial charge < -0.3 is 19.7 Å². The van der Waals surface area contributed by atoms with Gasteiger partial charge in [-0.05, 0) is 37.4 Å². The van der Waals surface area contributed by atoms with Crippen LogP contribution in [-0.4, -0.2) is 43.8 Å². The number of ether oxygens (including phenoxy) is 2. The van der Waals surface area contributed by atoms with Crippen LogP contribution in [0.25, 0.3) is 0 Å². The maximum atomic E-state index is 5.77. The lowest BCUT2D eigenvalue weighted by Crippen LogP contribution is -2.39. The number of hydrogen-bond donors (Lipinski definition) is 1. The molecule has 0 amide bonds. The molecule has 108 valence electrons. The second-order valence-corrected chi connectivity index (χ2v) is 6.10. The lowest BCUT2D eigenvalue weighted by Gasteiger charge is -2.31. The van der Waals surface area contributed by atoms with E-state index in [0.717, 1.165) is 37.1 Å². The lowest BCUT2D eigenvalue weighted by atomic mass is 9.94. The van der Waals surface area contributed by atoms with E-state index in [0.29, 0.717) is 6.04 Å². The Labute approximate surface area is 120 Å². The van der Waals surface area contributed by atoms with E-state index >= 15 is 0 Å². The zero-order chi connectivity index (χ0) is 13.4. The summed E-state index contributed by atoms with van der Waals surface area (Å²) in [5, 5.41) is 3.72. The number of rotatable bonds is 2. The van der Waals surface area contributed by atoms with Gasteiger partial charge in [-0.1, -0.05) is 0 Å². The fraction of sp³-hybridized carbons (Fsp3) is 0.625. The third-order valence-electron chi connectivity index (χ3n) is 4.73. The molecule has 0 saturated carbocycles. The summed E-state index contributed by atoms with van der Waals surface area (Å²) < 4.78 is 11.4. The zero-order valence-electron chi connectivity index (χ0n) is 11.8. The first-order valence-electron chi connectivity index (χ1n) is 7.77. The predicted molar refractivity (Wildman–Crippen MR) is 78.6 cm³/mol. The fourth-order valence-corrected chi connectivity index (χ4v) is 3.61. The molecule has 0 aromatic heterocycles. The Morgan fingerprint density at radius 3 is 2.85 bits per heavy atom. The van der Waals surface area contributed by atoms with Crippen LogP contribution in [0, 0.1) is 5.92 Å². The van der Waals surface area contributed by atoms with E-state index < -0.39 is 0 Å². The first-order chi connectivity index (χ1) is 9.88. The lowest BCUT2D eigenvalue weighted by molar-refractivity contribution is 0.255. The Bertz CT molecular complexity index is 491. The molecule has 0 aliphatic carbocycles. The Hall–Kier alpha value is -1.42. The van der Waals surface area contributed by atoms with Gasteiger partial charge in [0.15, 0.2) is 11.5 Å². The molecule has 3 atom stereocenters. The topological polar surface area (TPSA) is 33.7 Å². The number of anilines is 1. The predicted octanol–water partition coefficient (Wildman–Crippen LogP) is 2.35. The van der Waals surface area contributed by atoms with Crippen molar-refractivity contribution in [1.82, 2.24) is 4.90 Å². The van der Waals surface area contributed by atoms with Crippen LogP contribution in [-0.2, 0) is 0 Å². The normalized spacial score (nSPS) is 31.7. The van der Waals surface area contributed by atoms with E-state index in [1.807, 2.05) is 6.07 Å². The number of fused-ring (bicyclic) bond motifs is 3. The van der Waals surface area contributed by atoms with Crippen LogP contribution >= 0.6 is 0 Å². The molecule has 1 aromatic carbocycles. The summed E-state index contributed by atoms with van der Waals surface area (Å²) >= 11 is 0. The van der Waals surface area contributed by atoms with Gasteiger partial charge in [-0.25, -0.2) is 0 Å². The first kappa shape index (κ1) is 12.3. The number of benzene rings is 1. The number of nitrogens with zero attached hydrogens (tertiary/aromatic N) is 1. The quantitative estimate of drug-likeness (QED) is 0.897. The molecule has 3 heterocycles. The highest BCUT2D eigenvalue weighted by Gasteiger charge is 2.34. The average molecular weight is 274 g/mol. The van der Waals surface area contributed by atoms with E-state index in [-0.39, 0.29) is 0 Å². The van der Waals surface area contributed by atoms with Crippen LogP contribution in [0.2, 0.25) is 0 Å². The Morgan fingerprint density at radius 1 is 1.05 bits per heavy atom. The first-order valence-corrected chi connectivity index (χ1v) is 7.77. The molecule has 1 N–H and O–H groups in total. The minimum atomic E-state index is 0.610. The second-order valence-electron chi connectivity index (χ2n) is 6.10. The number of hydrogen-bond acceptors (Lipinski definition) is 4. The molecule has 2 fully saturated rings. The van der Waals surface area contributed by atoms with E-state index in [4.69, 9.17) is 9.47 Å². The molecule has 0 radical (unpaired) electrons. The van der Waals surface area contributed by atoms with E-state index in [1.165, 1.54) is 38.2 Å². The van der Waals surface area contributed by atoms with Gasteiger partial charge in [0.25, 0.3) is 0 Å².